The number of hydrogen-bond acceptors (Lipinski definition) is 4. The number of aliphatic carboxylic acids is 1. The molecule has 6 heteroatoms. The highest BCUT2D eigenvalue weighted by atomic mass is 16.6. The first-order chi connectivity index (χ1) is 8.69. The fourth-order valence-electron chi connectivity index (χ4n) is 1.34. The molecule has 1 atom stereocenters. The van der Waals surface area contributed by atoms with Gasteiger partial charge in [-0.1, -0.05) is 6.07 Å². The number of ether oxygens (including phenoxy) is 1. The van der Waals surface area contributed by atoms with Gasteiger partial charge in [-0.15, -0.1) is 0 Å². The van der Waals surface area contributed by atoms with E-state index in [0.717, 1.165) is 5.56 Å². The van der Waals surface area contributed by atoms with Crippen molar-refractivity contribution >= 4 is 12.1 Å². The molecule has 1 amide bonds. The third-order valence-electron chi connectivity index (χ3n) is 2.14. The van der Waals surface area contributed by atoms with Crippen molar-refractivity contribution in [3.8, 4) is 0 Å². The molecule has 0 aliphatic heterocycles. The normalized spacial score (nSPS) is 12.6. The second-order valence-electron chi connectivity index (χ2n) is 5.18. The molecule has 0 bridgehead atoms. The molecular formula is C13H18N2O4. The standard InChI is InChI=1S/C13H18N2O4/c1-8-5-6-9(14-7-8)10(11(16)17)15-12(18)19-13(2,3)4/h5-7,10H,1-4H3,(H,15,18)(H,16,17). The van der Waals surface area contributed by atoms with E-state index in [1.807, 2.05) is 6.92 Å². The topological polar surface area (TPSA) is 88.5 Å². The van der Waals surface area contributed by atoms with E-state index < -0.39 is 23.7 Å². The zero-order valence-corrected chi connectivity index (χ0v) is 11.4. The lowest BCUT2D eigenvalue weighted by molar-refractivity contribution is -0.139. The number of nitrogens with zero attached hydrogens (tertiary/aromatic N) is 1. The van der Waals surface area contributed by atoms with Gasteiger partial charge in [0.2, 0.25) is 0 Å². The molecule has 1 aromatic heterocycles. The molecular weight excluding hydrogens is 248 g/mol. The Hall–Kier alpha value is -2.11. The second kappa shape index (κ2) is 5.69. The van der Waals surface area contributed by atoms with E-state index in [4.69, 9.17) is 9.84 Å². The number of alkyl carbamates (subject to hydrolysis) is 1. The summed E-state index contributed by atoms with van der Waals surface area (Å²) in [6.45, 7) is 6.94. The Kier molecular flexibility index (Phi) is 4.47. The lowest BCUT2D eigenvalue weighted by atomic mass is 10.1. The molecule has 0 radical (unpaired) electrons. The molecule has 1 unspecified atom stereocenters. The number of aromatic nitrogens is 1. The number of aryl methyl sites for hydroxylation is 1. The van der Waals surface area contributed by atoms with Crippen molar-refractivity contribution in [3.05, 3.63) is 29.6 Å². The number of carboxylic acids is 1. The van der Waals surface area contributed by atoms with E-state index in [1.165, 1.54) is 0 Å². The molecule has 0 saturated carbocycles. The van der Waals surface area contributed by atoms with Gasteiger partial charge in [0.05, 0.1) is 5.69 Å². The number of hydrogen-bond donors (Lipinski definition) is 2. The lowest BCUT2D eigenvalue weighted by Gasteiger charge is -2.21. The van der Waals surface area contributed by atoms with Crippen LogP contribution in [0.1, 0.15) is 38.1 Å². The molecule has 0 fully saturated rings. The molecule has 19 heavy (non-hydrogen) atoms. The van der Waals surface area contributed by atoms with Crippen LogP contribution in [0.15, 0.2) is 18.3 Å². The first-order valence-corrected chi connectivity index (χ1v) is 5.84. The number of carboxylic acid groups (broad SMARTS) is 1. The van der Waals surface area contributed by atoms with Crippen molar-refractivity contribution in [1.29, 1.82) is 0 Å². The van der Waals surface area contributed by atoms with E-state index in [1.54, 1.807) is 39.1 Å². The SMILES string of the molecule is Cc1ccc(C(NC(=O)OC(C)(C)C)C(=O)O)nc1. The molecule has 104 valence electrons. The summed E-state index contributed by atoms with van der Waals surface area (Å²) in [6.07, 6.45) is 0.754. The Labute approximate surface area is 111 Å². The zero-order valence-electron chi connectivity index (χ0n) is 11.4. The second-order valence-corrected chi connectivity index (χ2v) is 5.18. The minimum atomic E-state index is -1.23. The Bertz CT molecular complexity index is 463. The molecule has 2 N–H and O–H groups in total. The Morgan fingerprint density at radius 2 is 2.00 bits per heavy atom. The van der Waals surface area contributed by atoms with E-state index in [9.17, 15) is 9.59 Å². The Balaban J connectivity index is 2.82. The van der Waals surface area contributed by atoms with Crippen molar-refractivity contribution in [2.45, 2.75) is 39.3 Å². The van der Waals surface area contributed by atoms with Crippen LogP contribution < -0.4 is 5.32 Å². The van der Waals surface area contributed by atoms with Crippen molar-refractivity contribution in [2.24, 2.45) is 0 Å². The van der Waals surface area contributed by atoms with Gasteiger partial charge in [0.15, 0.2) is 6.04 Å². The van der Waals surface area contributed by atoms with Crippen LogP contribution in [0.3, 0.4) is 0 Å². The fraction of sp³-hybridized carbons (Fsp3) is 0.462. The monoisotopic (exact) mass is 266 g/mol. The van der Waals surface area contributed by atoms with Crippen LogP contribution in [0, 0.1) is 6.92 Å². The van der Waals surface area contributed by atoms with E-state index in [0.29, 0.717) is 0 Å². The molecule has 0 aliphatic rings. The summed E-state index contributed by atoms with van der Waals surface area (Å²) >= 11 is 0. The summed E-state index contributed by atoms with van der Waals surface area (Å²) in [5.74, 6) is -1.19. The van der Waals surface area contributed by atoms with Gasteiger partial charge in [0.25, 0.3) is 0 Å². The molecule has 0 saturated heterocycles. The van der Waals surface area contributed by atoms with Crippen molar-refractivity contribution < 1.29 is 19.4 Å². The number of carbonyl (C=O) groups is 2. The van der Waals surface area contributed by atoms with Gasteiger partial charge < -0.3 is 15.2 Å². The number of amides is 1. The van der Waals surface area contributed by atoms with Gasteiger partial charge in [-0.2, -0.15) is 0 Å². The van der Waals surface area contributed by atoms with Crippen LogP contribution in [0.2, 0.25) is 0 Å². The maximum atomic E-state index is 11.6. The summed E-state index contributed by atoms with van der Waals surface area (Å²) in [4.78, 5) is 26.8. The highest BCUT2D eigenvalue weighted by molar-refractivity contribution is 5.81. The third kappa shape index (κ3) is 4.95. The summed E-state index contributed by atoms with van der Waals surface area (Å²) in [6, 6.07) is 2.07. The van der Waals surface area contributed by atoms with Crippen LogP contribution in [-0.2, 0) is 9.53 Å². The Morgan fingerprint density at radius 3 is 2.42 bits per heavy atom. The number of nitrogens with one attached hydrogen (secondary N) is 1. The van der Waals surface area contributed by atoms with Gasteiger partial charge in [0, 0.05) is 6.20 Å². The lowest BCUT2D eigenvalue weighted by Crippen LogP contribution is -2.38. The van der Waals surface area contributed by atoms with Gasteiger partial charge in [-0.3, -0.25) is 4.98 Å². The average Bonchev–Trinajstić information content (AvgIpc) is 2.24. The van der Waals surface area contributed by atoms with Crippen LogP contribution >= 0.6 is 0 Å². The smallest absolute Gasteiger partial charge is 0.408 e. The Morgan fingerprint density at radius 1 is 1.37 bits per heavy atom. The summed E-state index contributed by atoms with van der Waals surface area (Å²) in [5, 5.41) is 11.4. The minimum Gasteiger partial charge on any atom is -0.479 e. The summed E-state index contributed by atoms with van der Waals surface area (Å²) < 4.78 is 5.02. The molecule has 1 rings (SSSR count). The first-order valence-electron chi connectivity index (χ1n) is 5.84. The quantitative estimate of drug-likeness (QED) is 0.874. The summed E-state index contributed by atoms with van der Waals surface area (Å²) in [5.41, 5.74) is 0.475. The van der Waals surface area contributed by atoms with Crippen LogP contribution in [0.5, 0.6) is 0 Å². The zero-order chi connectivity index (χ0) is 14.6. The predicted octanol–water partition coefficient (Wildman–Crippen LogP) is 2.04. The minimum absolute atomic E-state index is 0.254. The highest BCUT2D eigenvalue weighted by Crippen LogP contribution is 2.13. The first kappa shape index (κ1) is 14.9. The highest BCUT2D eigenvalue weighted by Gasteiger charge is 2.26. The molecule has 0 aliphatic carbocycles. The van der Waals surface area contributed by atoms with Gasteiger partial charge in [0.1, 0.15) is 5.60 Å². The van der Waals surface area contributed by atoms with Crippen molar-refractivity contribution in [2.75, 3.05) is 0 Å². The van der Waals surface area contributed by atoms with Gasteiger partial charge in [-0.25, -0.2) is 9.59 Å². The predicted molar refractivity (Wildman–Crippen MR) is 68.7 cm³/mol. The molecule has 0 spiro atoms. The van der Waals surface area contributed by atoms with E-state index in [-0.39, 0.29) is 5.69 Å². The molecule has 1 aromatic rings. The van der Waals surface area contributed by atoms with Gasteiger partial charge in [-0.05, 0) is 39.3 Å². The molecule has 6 nitrogen and oxygen atoms in total. The summed E-state index contributed by atoms with van der Waals surface area (Å²) in [7, 11) is 0. The molecule has 0 aromatic carbocycles. The van der Waals surface area contributed by atoms with Crippen LogP contribution in [-0.4, -0.2) is 27.8 Å². The molecule has 1 heterocycles. The van der Waals surface area contributed by atoms with Gasteiger partial charge >= 0.3 is 12.1 Å². The maximum absolute atomic E-state index is 11.6. The van der Waals surface area contributed by atoms with Crippen LogP contribution in [0.25, 0.3) is 0 Å². The van der Waals surface area contributed by atoms with Crippen LogP contribution in [0.4, 0.5) is 4.79 Å². The van der Waals surface area contributed by atoms with Crippen molar-refractivity contribution in [3.63, 3.8) is 0 Å². The van der Waals surface area contributed by atoms with E-state index in [2.05, 4.69) is 10.3 Å². The number of carbonyl (C=O) groups excluding carboxylic acids is 1. The fourth-order valence-corrected chi connectivity index (χ4v) is 1.34. The largest absolute Gasteiger partial charge is 0.479 e. The number of pyridine rings is 1. The van der Waals surface area contributed by atoms with E-state index >= 15 is 0 Å². The number of rotatable bonds is 3. The third-order valence-corrected chi connectivity index (χ3v) is 2.14. The average molecular weight is 266 g/mol. The maximum Gasteiger partial charge on any atom is 0.408 e. The van der Waals surface area contributed by atoms with Crippen molar-refractivity contribution in [1.82, 2.24) is 10.3 Å².